The van der Waals surface area contributed by atoms with Gasteiger partial charge in [-0.3, -0.25) is 10.1 Å². The van der Waals surface area contributed by atoms with Crippen LogP contribution < -0.4 is 0 Å². The molecule has 3 aromatic rings. The summed E-state index contributed by atoms with van der Waals surface area (Å²) in [5, 5.41) is 7.63. The Balaban J connectivity index is 2.07. The third-order valence-corrected chi connectivity index (χ3v) is 3.74. The quantitative estimate of drug-likeness (QED) is 0.786. The van der Waals surface area contributed by atoms with Crippen molar-refractivity contribution in [2.24, 2.45) is 0 Å². The Morgan fingerprint density at radius 3 is 2.35 bits per heavy atom. The van der Waals surface area contributed by atoms with Gasteiger partial charge in [0.25, 0.3) is 0 Å². The number of nitrogens with zero attached hydrogens (tertiary/aromatic N) is 3. The topological polar surface area (TPSA) is 44.8 Å². The van der Waals surface area contributed by atoms with Crippen LogP contribution in [0, 0.1) is 5.82 Å². The molecule has 1 N–H and O–H groups in total. The fourth-order valence-corrected chi connectivity index (χ4v) is 2.54. The number of benzene rings is 1. The molecule has 0 spiro atoms. The standard InChI is InChI=1S/C18H19FN4/c1-23(2)12-9-16-17(13-7-10-20-11-8-13)18(22-21-16)14-3-5-15(19)6-4-14/h3-8,10-11H,9,12H2,1-2H3,(H,21,22). The van der Waals surface area contributed by atoms with E-state index < -0.39 is 0 Å². The first-order valence-electron chi connectivity index (χ1n) is 7.53. The third-order valence-electron chi connectivity index (χ3n) is 3.74. The van der Waals surface area contributed by atoms with E-state index in [0.717, 1.165) is 41.0 Å². The second-order valence-electron chi connectivity index (χ2n) is 5.72. The molecular weight excluding hydrogens is 291 g/mol. The molecule has 3 rings (SSSR count). The van der Waals surface area contributed by atoms with E-state index in [-0.39, 0.29) is 5.82 Å². The van der Waals surface area contributed by atoms with Crippen LogP contribution in [0.25, 0.3) is 22.4 Å². The minimum Gasteiger partial charge on any atom is -0.309 e. The van der Waals surface area contributed by atoms with Crippen LogP contribution >= 0.6 is 0 Å². The summed E-state index contributed by atoms with van der Waals surface area (Å²) in [5.41, 5.74) is 4.92. The van der Waals surface area contributed by atoms with Gasteiger partial charge in [0.1, 0.15) is 11.5 Å². The number of aromatic nitrogens is 3. The Kier molecular flexibility index (Phi) is 4.48. The van der Waals surface area contributed by atoms with Gasteiger partial charge in [0.05, 0.1) is 0 Å². The molecule has 2 heterocycles. The summed E-state index contributed by atoms with van der Waals surface area (Å²) in [6, 6.07) is 10.4. The van der Waals surface area contributed by atoms with Crippen molar-refractivity contribution >= 4 is 0 Å². The van der Waals surface area contributed by atoms with Crippen LogP contribution in [0.3, 0.4) is 0 Å². The lowest BCUT2D eigenvalue weighted by atomic mass is 9.98. The average molecular weight is 310 g/mol. The van der Waals surface area contributed by atoms with E-state index in [4.69, 9.17) is 0 Å². The number of hydrogen-bond acceptors (Lipinski definition) is 3. The molecule has 0 fully saturated rings. The zero-order chi connectivity index (χ0) is 16.2. The van der Waals surface area contributed by atoms with Crippen LogP contribution in [0.5, 0.6) is 0 Å². The second-order valence-corrected chi connectivity index (χ2v) is 5.72. The van der Waals surface area contributed by atoms with Crippen LogP contribution in [0.2, 0.25) is 0 Å². The summed E-state index contributed by atoms with van der Waals surface area (Å²) < 4.78 is 13.2. The van der Waals surface area contributed by atoms with Gasteiger partial charge in [-0.05, 0) is 56.1 Å². The van der Waals surface area contributed by atoms with Crippen molar-refractivity contribution in [1.29, 1.82) is 0 Å². The molecule has 0 unspecified atom stereocenters. The zero-order valence-corrected chi connectivity index (χ0v) is 13.3. The monoisotopic (exact) mass is 310 g/mol. The fourth-order valence-electron chi connectivity index (χ4n) is 2.54. The van der Waals surface area contributed by atoms with E-state index in [1.165, 1.54) is 12.1 Å². The predicted octanol–water partition coefficient (Wildman–Crippen LogP) is 3.38. The third kappa shape index (κ3) is 3.46. The Bertz CT molecular complexity index is 763. The van der Waals surface area contributed by atoms with Crippen molar-refractivity contribution in [3.63, 3.8) is 0 Å². The minimum absolute atomic E-state index is 0.248. The summed E-state index contributed by atoms with van der Waals surface area (Å²) in [4.78, 5) is 6.22. The summed E-state index contributed by atoms with van der Waals surface area (Å²) in [6.45, 7) is 0.920. The van der Waals surface area contributed by atoms with Gasteiger partial charge in [-0.1, -0.05) is 0 Å². The van der Waals surface area contributed by atoms with Gasteiger partial charge in [0.15, 0.2) is 0 Å². The maximum absolute atomic E-state index is 13.2. The molecule has 0 aliphatic rings. The maximum Gasteiger partial charge on any atom is 0.123 e. The van der Waals surface area contributed by atoms with Crippen molar-refractivity contribution in [3.05, 3.63) is 60.3 Å². The lowest BCUT2D eigenvalue weighted by Crippen LogP contribution is -2.15. The molecule has 0 radical (unpaired) electrons. The number of aromatic amines is 1. The Morgan fingerprint density at radius 2 is 1.70 bits per heavy atom. The summed E-state index contributed by atoms with van der Waals surface area (Å²) in [7, 11) is 4.09. The van der Waals surface area contributed by atoms with Gasteiger partial charge in [0, 0.05) is 42.2 Å². The summed E-state index contributed by atoms with van der Waals surface area (Å²) in [5.74, 6) is -0.248. The lowest BCUT2D eigenvalue weighted by Gasteiger charge is -2.10. The number of halogens is 1. The van der Waals surface area contributed by atoms with E-state index in [1.54, 1.807) is 24.5 Å². The van der Waals surface area contributed by atoms with Crippen LogP contribution in [-0.4, -0.2) is 40.7 Å². The van der Waals surface area contributed by atoms with Gasteiger partial charge in [-0.2, -0.15) is 5.10 Å². The highest BCUT2D eigenvalue weighted by Gasteiger charge is 2.16. The van der Waals surface area contributed by atoms with Crippen molar-refractivity contribution in [1.82, 2.24) is 20.1 Å². The predicted molar refractivity (Wildman–Crippen MR) is 89.5 cm³/mol. The largest absolute Gasteiger partial charge is 0.309 e. The van der Waals surface area contributed by atoms with Gasteiger partial charge in [-0.25, -0.2) is 4.39 Å². The van der Waals surface area contributed by atoms with Gasteiger partial charge in [-0.15, -0.1) is 0 Å². The van der Waals surface area contributed by atoms with Crippen LogP contribution in [0.1, 0.15) is 5.69 Å². The summed E-state index contributed by atoms with van der Waals surface area (Å²) in [6.07, 6.45) is 4.40. The maximum atomic E-state index is 13.2. The normalized spacial score (nSPS) is 11.1. The average Bonchev–Trinajstić information content (AvgIpc) is 2.98. The summed E-state index contributed by atoms with van der Waals surface area (Å²) >= 11 is 0. The molecule has 0 aliphatic carbocycles. The molecule has 0 saturated carbocycles. The van der Waals surface area contributed by atoms with Gasteiger partial charge >= 0.3 is 0 Å². The lowest BCUT2D eigenvalue weighted by molar-refractivity contribution is 0.412. The molecule has 5 heteroatoms. The first-order valence-corrected chi connectivity index (χ1v) is 7.53. The molecule has 0 saturated heterocycles. The SMILES string of the molecule is CN(C)CCc1[nH]nc(-c2ccc(F)cc2)c1-c1ccncc1. The number of likely N-dealkylation sites (N-methyl/N-ethyl adjacent to an activating group) is 1. The number of hydrogen-bond donors (Lipinski definition) is 1. The molecule has 0 amide bonds. The van der Waals surface area contributed by atoms with Crippen LogP contribution in [0.15, 0.2) is 48.8 Å². The zero-order valence-electron chi connectivity index (χ0n) is 13.3. The van der Waals surface area contributed by atoms with Crippen molar-refractivity contribution in [2.45, 2.75) is 6.42 Å². The van der Waals surface area contributed by atoms with E-state index in [1.807, 2.05) is 26.2 Å². The highest BCUT2D eigenvalue weighted by molar-refractivity contribution is 5.82. The molecule has 1 aromatic carbocycles. The molecular formula is C18H19FN4. The second kappa shape index (κ2) is 6.71. The van der Waals surface area contributed by atoms with Crippen LogP contribution in [-0.2, 0) is 6.42 Å². The molecule has 4 nitrogen and oxygen atoms in total. The first-order chi connectivity index (χ1) is 11.1. The smallest absolute Gasteiger partial charge is 0.123 e. The molecule has 118 valence electrons. The highest BCUT2D eigenvalue weighted by Crippen LogP contribution is 2.33. The van der Waals surface area contributed by atoms with Crippen molar-refractivity contribution in [2.75, 3.05) is 20.6 Å². The van der Waals surface area contributed by atoms with Gasteiger partial charge in [0.2, 0.25) is 0 Å². The molecule has 0 bridgehead atoms. The number of pyridine rings is 1. The van der Waals surface area contributed by atoms with Crippen molar-refractivity contribution < 1.29 is 4.39 Å². The van der Waals surface area contributed by atoms with Crippen LogP contribution in [0.4, 0.5) is 4.39 Å². The molecule has 0 atom stereocenters. The van der Waals surface area contributed by atoms with E-state index in [2.05, 4.69) is 20.1 Å². The molecule has 0 aliphatic heterocycles. The number of rotatable bonds is 5. The minimum atomic E-state index is -0.248. The van der Waals surface area contributed by atoms with E-state index >= 15 is 0 Å². The number of nitrogens with one attached hydrogen (secondary N) is 1. The van der Waals surface area contributed by atoms with Crippen molar-refractivity contribution in [3.8, 4) is 22.4 Å². The first kappa shape index (κ1) is 15.4. The highest BCUT2D eigenvalue weighted by atomic mass is 19.1. The molecule has 23 heavy (non-hydrogen) atoms. The Morgan fingerprint density at radius 1 is 1.00 bits per heavy atom. The Labute approximate surface area is 135 Å². The number of H-pyrrole nitrogens is 1. The Hall–Kier alpha value is -2.53. The fraction of sp³-hybridized carbons (Fsp3) is 0.222. The molecule has 2 aromatic heterocycles. The van der Waals surface area contributed by atoms with Gasteiger partial charge < -0.3 is 4.90 Å². The van der Waals surface area contributed by atoms with E-state index in [9.17, 15) is 4.39 Å². The van der Waals surface area contributed by atoms with E-state index in [0.29, 0.717) is 0 Å².